The molecule has 2 atom stereocenters. The molecule has 0 aliphatic carbocycles. The van der Waals surface area contributed by atoms with Crippen LogP contribution < -0.4 is 0 Å². The summed E-state index contributed by atoms with van der Waals surface area (Å²) in [4.78, 5) is 1.99. The molecule has 0 aromatic rings. The van der Waals surface area contributed by atoms with Crippen LogP contribution in [0.3, 0.4) is 0 Å². The van der Waals surface area contributed by atoms with E-state index in [9.17, 15) is 5.11 Å². The molecular weight excluding hydrogens is 128 g/mol. The summed E-state index contributed by atoms with van der Waals surface area (Å²) in [6.45, 7) is 1.51. The smallest absolute Gasteiger partial charge is 0.0680 e. The van der Waals surface area contributed by atoms with E-state index in [0.29, 0.717) is 13.0 Å². The molecule has 0 unspecified atom stereocenters. The zero-order valence-corrected chi connectivity index (χ0v) is 6.12. The lowest BCUT2D eigenvalue weighted by Gasteiger charge is -2.29. The van der Waals surface area contributed by atoms with Crippen LogP contribution in [0.15, 0.2) is 0 Å². The molecule has 0 aromatic carbocycles. The Morgan fingerprint density at radius 1 is 1.60 bits per heavy atom. The molecule has 0 amide bonds. The van der Waals surface area contributed by atoms with Crippen molar-refractivity contribution in [2.75, 3.05) is 20.1 Å². The maximum absolute atomic E-state index is 9.19. The first-order valence-corrected chi connectivity index (χ1v) is 3.48. The molecule has 0 bridgehead atoms. The van der Waals surface area contributed by atoms with Crippen molar-refractivity contribution in [3.05, 3.63) is 0 Å². The molecule has 3 nitrogen and oxygen atoms in total. The van der Waals surface area contributed by atoms with Crippen LogP contribution >= 0.6 is 0 Å². The molecule has 10 heavy (non-hydrogen) atoms. The van der Waals surface area contributed by atoms with Gasteiger partial charge in [-0.15, -0.1) is 0 Å². The Kier molecular flexibility index (Phi) is 2.25. The Bertz CT molecular complexity index is 142. The Morgan fingerprint density at radius 3 is 2.80 bits per heavy atom. The van der Waals surface area contributed by atoms with Gasteiger partial charge in [0.1, 0.15) is 0 Å². The largest absolute Gasteiger partial charge is 0.392 e. The minimum absolute atomic E-state index is 0.0220. The molecule has 1 rings (SSSR count). The van der Waals surface area contributed by atoms with Crippen molar-refractivity contribution in [3.8, 4) is 6.07 Å². The van der Waals surface area contributed by atoms with Gasteiger partial charge in [-0.25, -0.2) is 0 Å². The van der Waals surface area contributed by atoms with Crippen molar-refractivity contribution < 1.29 is 5.11 Å². The van der Waals surface area contributed by atoms with E-state index in [1.165, 1.54) is 0 Å². The highest BCUT2D eigenvalue weighted by atomic mass is 16.3. The van der Waals surface area contributed by atoms with Crippen molar-refractivity contribution in [1.82, 2.24) is 4.90 Å². The van der Waals surface area contributed by atoms with Gasteiger partial charge in [0.25, 0.3) is 0 Å². The van der Waals surface area contributed by atoms with Crippen molar-refractivity contribution >= 4 is 0 Å². The second-order valence-corrected chi connectivity index (χ2v) is 2.94. The molecule has 0 spiro atoms. The summed E-state index contributed by atoms with van der Waals surface area (Å²) >= 11 is 0. The third-order valence-corrected chi connectivity index (χ3v) is 1.79. The van der Waals surface area contributed by atoms with Crippen molar-refractivity contribution in [2.45, 2.75) is 12.5 Å². The highest BCUT2D eigenvalue weighted by molar-refractivity contribution is 4.90. The first kappa shape index (κ1) is 7.52. The second-order valence-electron chi connectivity index (χ2n) is 2.94. The third kappa shape index (κ3) is 1.69. The predicted octanol–water partition coefficient (Wildman–Crippen LogP) is -0.177. The predicted molar refractivity (Wildman–Crippen MR) is 37.2 cm³/mol. The van der Waals surface area contributed by atoms with Gasteiger partial charge < -0.3 is 10.0 Å². The Hall–Kier alpha value is -0.590. The molecule has 1 saturated heterocycles. The van der Waals surface area contributed by atoms with Gasteiger partial charge in [-0.1, -0.05) is 0 Å². The number of aliphatic hydroxyl groups excluding tert-OH is 1. The second kappa shape index (κ2) is 3.00. The molecule has 0 radical (unpaired) electrons. The number of hydrogen-bond donors (Lipinski definition) is 1. The van der Waals surface area contributed by atoms with Crippen molar-refractivity contribution in [2.24, 2.45) is 5.92 Å². The Labute approximate surface area is 60.9 Å². The van der Waals surface area contributed by atoms with Crippen LogP contribution in [0.1, 0.15) is 6.42 Å². The van der Waals surface area contributed by atoms with Crippen LogP contribution in [0.4, 0.5) is 0 Å². The lowest BCUT2D eigenvalue weighted by molar-refractivity contribution is 0.0672. The Balaban J connectivity index is 2.44. The fraction of sp³-hybridized carbons (Fsp3) is 0.857. The molecular formula is C7H12N2O. The Morgan fingerprint density at radius 2 is 2.30 bits per heavy atom. The minimum Gasteiger partial charge on any atom is -0.392 e. The summed E-state index contributed by atoms with van der Waals surface area (Å²) in [6.07, 6.45) is 0.337. The van der Waals surface area contributed by atoms with E-state index in [-0.39, 0.29) is 12.0 Å². The van der Waals surface area contributed by atoms with Crippen LogP contribution in [0.25, 0.3) is 0 Å². The van der Waals surface area contributed by atoms with Gasteiger partial charge in [-0.3, -0.25) is 0 Å². The van der Waals surface area contributed by atoms with Crippen LogP contribution in [0.5, 0.6) is 0 Å². The van der Waals surface area contributed by atoms with E-state index in [2.05, 4.69) is 6.07 Å². The molecule has 1 fully saturated rings. The number of likely N-dealkylation sites (N-methyl/N-ethyl adjacent to an activating group) is 1. The van der Waals surface area contributed by atoms with E-state index >= 15 is 0 Å². The number of rotatable bonds is 0. The summed E-state index contributed by atoms with van der Waals surface area (Å²) < 4.78 is 0. The maximum Gasteiger partial charge on any atom is 0.0680 e. The highest BCUT2D eigenvalue weighted by Gasteiger charge is 2.22. The quantitative estimate of drug-likeness (QED) is 0.508. The first-order valence-electron chi connectivity index (χ1n) is 3.48. The van der Waals surface area contributed by atoms with Crippen LogP contribution in [0.2, 0.25) is 0 Å². The van der Waals surface area contributed by atoms with Gasteiger partial charge in [0.15, 0.2) is 0 Å². The first-order chi connectivity index (χ1) is 4.72. The topological polar surface area (TPSA) is 47.3 Å². The van der Waals surface area contributed by atoms with Crippen LogP contribution in [0, 0.1) is 17.2 Å². The molecule has 1 aliphatic heterocycles. The van der Waals surface area contributed by atoms with Crippen LogP contribution in [-0.4, -0.2) is 36.2 Å². The summed E-state index contributed by atoms with van der Waals surface area (Å²) in [5.74, 6) is 0.0220. The zero-order valence-electron chi connectivity index (χ0n) is 6.12. The van der Waals surface area contributed by atoms with E-state index < -0.39 is 0 Å². The monoisotopic (exact) mass is 140 g/mol. The summed E-state index contributed by atoms with van der Waals surface area (Å²) in [5, 5.41) is 17.7. The van der Waals surface area contributed by atoms with E-state index in [0.717, 1.165) is 6.54 Å². The van der Waals surface area contributed by atoms with Crippen LogP contribution in [-0.2, 0) is 0 Å². The van der Waals surface area contributed by atoms with Crippen molar-refractivity contribution in [1.29, 1.82) is 5.26 Å². The number of aliphatic hydroxyl groups is 1. The molecule has 1 aliphatic rings. The number of nitriles is 1. The van der Waals surface area contributed by atoms with Gasteiger partial charge >= 0.3 is 0 Å². The number of nitrogens with zero attached hydrogens (tertiary/aromatic N) is 2. The zero-order chi connectivity index (χ0) is 7.56. The highest BCUT2D eigenvalue weighted by Crippen LogP contribution is 2.13. The number of piperidine rings is 1. The van der Waals surface area contributed by atoms with Gasteiger partial charge in [0.05, 0.1) is 18.1 Å². The lowest BCUT2D eigenvalue weighted by atomic mass is 9.98. The number of likely N-dealkylation sites (tertiary alicyclic amines) is 1. The number of β-amino-alcohol motifs (C(OH)–C–C–N with tert-alkyl or cyclic N) is 1. The normalized spacial score (nSPS) is 35.3. The van der Waals surface area contributed by atoms with Gasteiger partial charge in [0, 0.05) is 13.1 Å². The fourth-order valence-electron chi connectivity index (χ4n) is 1.38. The SMILES string of the molecule is CN1C[C@H](O)C[C@H](C#N)C1. The average Bonchev–Trinajstić information content (AvgIpc) is 1.85. The summed E-state index contributed by atoms with van der Waals surface area (Å²) in [5.41, 5.74) is 0. The third-order valence-electron chi connectivity index (χ3n) is 1.79. The van der Waals surface area contributed by atoms with Crippen molar-refractivity contribution in [3.63, 3.8) is 0 Å². The maximum atomic E-state index is 9.19. The fourth-order valence-corrected chi connectivity index (χ4v) is 1.38. The molecule has 56 valence electrons. The van der Waals surface area contributed by atoms with E-state index in [1.807, 2.05) is 11.9 Å². The molecule has 1 N–H and O–H groups in total. The van der Waals surface area contributed by atoms with E-state index in [4.69, 9.17) is 5.26 Å². The summed E-state index contributed by atoms with van der Waals surface area (Å²) in [7, 11) is 1.92. The minimum atomic E-state index is -0.302. The van der Waals surface area contributed by atoms with Gasteiger partial charge in [0.2, 0.25) is 0 Å². The van der Waals surface area contributed by atoms with Gasteiger partial charge in [-0.05, 0) is 13.5 Å². The lowest BCUT2D eigenvalue weighted by Crippen LogP contribution is -2.40. The molecule has 0 aromatic heterocycles. The summed E-state index contributed by atoms with van der Waals surface area (Å²) in [6, 6.07) is 2.16. The number of hydrogen-bond acceptors (Lipinski definition) is 3. The molecule has 0 saturated carbocycles. The van der Waals surface area contributed by atoms with E-state index in [1.54, 1.807) is 0 Å². The van der Waals surface area contributed by atoms with Gasteiger partial charge in [-0.2, -0.15) is 5.26 Å². The molecule has 1 heterocycles. The molecule has 3 heteroatoms. The average molecular weight is 140 g/mol. The standard InChI is InChI=1S/C7H12N2O/c1-9-4-6(3-8)2-7(10)5-9/h6-7,10H,2,4-5H2,1H3/t6-,7-/m1/s1.